The van der Waals surface area contributed by atoms with E-state index in [-0.39, 0.29) is 5.69 Å². The molecular weight excluding hydrogens is 360 g/mol. The molecule has 0 unspecified atom stereocenters. The second kappa shape index (κ2) is 7.50. The fraction of sp³-hybridized carbons (Fsp3) is 0.188. The second-order valence-electron chi connectivity index (χ2n) is 5.65. The van der Waals surface area contributed by atoms with Crippen molar-refractivity contribution < 1.29 is 18.1 Å². The fourth-order valence-electron chi connectivity index (χ4n) is 2.53. The van der Waals surface area contributed by atoms with Crippen molar-refractivity contribution in [2.75, 3.05) is 10.8 Å². The zero-order valence-electron chi connectivity index (χ0n) is 14.2. The Morgan fingerprint density at radius 1 is 1.19 bits per heavy atom. The monoisotopic (exact) mass is 378 g/mol. The van der Waals surface area contributed by atoms with Crippen molar-refractivity contribution in [1.29, 1.82) is 0 Å². The van der Waals surface area contributed by atoms with Gasteiger partial charge in [-0.2, -0.15) is 0 Å². The van der Waals surface area contributed by atoms with E-state index in [0.717, 1.165) is 27.6 Å². The predicted octanol–water partition coefficient (Wildman–Crippen LogP) is 1.40. The highest BCUT2D eigenvalue weighted by molar-refractivity contribution is 7.93. The van der Waals surface area contributed by atoms with Crippen LogP contribution in [0.3, 0.4) is 0 Å². The number of nitro benzene ring substituents is 1. The molecule has 0 heterocycles. The number of nitrogens with zero attached hydrogens (tertiary/aromatic N) is 2. The maximum Gasteiger partial charge on any atom is 0.289 e. The molecule has 1 amide bonds. The highest BCUT2D eigenvalue weighted by Crippen LogP contribution is 2.30. The maximum atomic E-state index is 13.1. The molecule has 2 rings (SSSR count). The molecule has 9 nitrogen and oxygen atoms in total. The van der Waals surface area contributed by atoms with Crippen molar-refractivity contribution in [2.45, 2.75) is 18.7 Å². The van der Waals surface area contributed by atoms with Gasteiger partial charge < -0.3 is 0 Å². The molecule has 0 fully saturated rings. The first-order chi connectivity index (χ1) is 12.2. The molecule has 0 atom stereocenters. The number of nitro groups is 1. The lowest BCUT2D eigenvalue weighted by atomic mass is 10.1. The normalized spacial score (nSPS) is 11.0. The highest BCUT2D eigenvalue weighted by Gasteiger charge is 2.33. The Morgan fingerprint density at radius 2 is 1.77 bits per heavy atom. The predicted molar refractivity (Wildman–Crippen MR) is 95.9 cm³/mol. The third-order valence-electron chi connectivity index (χ3n) is 3.57. The number of hydrazine groups is 1. The Morgan fingerprint density at radius 3 is 2.31 bits per heavy atom. The Hall–Kier alpha value is -2.98. The summed E-state index contributed by atoms with van der Waals surface area (Å²) in [6.45, 7) is 2.93. The molecule has 0 aliphatic rings. The number of para-hydroxylation sites is 1. The van der Waals surface area contributed by atoms with Gasteiger partial charge in [-0.25, -0.2) is 14.3 Å². The molecule has 2 aromatic rings. The van der Waals surface area contributed by atoms with Crippen molar-refractivity contribution in [3.8, 4) is 0 Å². The third kappa shape index (κ3) is 3.98. The number of hydrogen-bond donors (Lipinski definition) is 2. The minimum absolute atomic E-state index is 0.212. The van der Waals surface area contributed by atoms with Crippen LogP contribution in [0.15, 0.2) is 47.4 Å². The van der Waals surface area contributed by atoms with Gasteiger partial charge in [0.25, 0.3) is 21.6 Å². The Kier molecular flexibility index (Phi) is 5.58. The molecule has 0 bridgehead atoms. The Labute approximate surface area is 150 Å². The lowest BCUT2D eigenvalue weighted by Crippen LogP contribution is -2.43. The molecule has 3 N–H and O–H groups in total. The zero-order valence-corrected chi connectivity index (χ0v) is 15.0. The number of rotatable bonds is 6. The quantitative estimate of drug-likeness (QED) is 0.337. The zero-order chi connectivity index (χ0) is 19.5. The lowest BCUT2D eigenvalue weighted by molar-refractivity contribution is -0.387. The summed E-state index contributed by atoms with van der Waals surface area (Å²) in [5.41, 5.74) is 3.06. The van der Waals surface area contributed by atoms with E-state index >= 15 is 0 Å². The summed E-state index contributed by atoms with van der Waals surface area (Å²) < 4.78 is 27.1. The summed E-state index contributed by atoms with van der Waals surface area (Å²) in [7, 11) is -4.39. The topological polar surface area (TPSA) is 136 Å². The van der Waals surface area contributed by atoms with E-state index in [0.29, 0.717) is 0 Å². The standard InChI is InChI=1S/C16H18N4O5S/c1-11-7-12(2)9-13(8-11)19(10-16(21)18-17)26(24,25)15-6-4-3-5-14(15)20(22)23/h3-9H,10,17H2,1-2H3,(H,18,21). The van der Waals surface area contributed by atoms with E-state index in [4.69, 9.17) is 5.84 Å². The number of carbonyl (C=O) groups is 1. The van der Waals surface area contributed by atoms with Crippen LogP contribution in [0, 0.1) is 24.0 Å². The summed E-state index contributed by atoms with van der Waals surface area (Å²) in [6.07, 6.45) is 0. The van der Waals surface area contributed by atoms with Gasteiger partial charge >= 0.3 is 0 Å². The number of benzene rings is 2. The minimum atomic E-state index is -4.39. The molecule has 0 aliphatic heterocycles. The van der Waals surface area contributed by atoms with E-state index in [1.807, 2.05) is 11.5 Å². The molecule has 0 radical (unpaired) electrons. The number of nitrogens with two attached hydrogens (primary N) is 1. The summed E-state index contributed by atoms with van der Waals surface area (Å²) in [4.78, 5) is 21.7. The molecule has 138 valence electrons. The summed E-state index contributed by atoms with van der Waals surface area (Å²) >= 11 is 0. The largest absolute Gasteiger partial charge is 0.293 e. The van der Waals surface area contributed by atoms with Crippen molar-refractivity contribution in [3.05, 3.63) is 63.7 Å². The summed E-state index contributed by atoms with van der Waals surface area (Å²) in [6, 6.07) is 9.95. The van der Waals surface area contributed by atoms with Crippen molar-refractivity contribution >= 4 is 27.3 Å². The van der Waals surface area contributed by atoms with Crippen molar-refractivity contribution in [2.24, 2.45) is 5.84 Å². The van der Waals surface area contributed by atoms with Gasteiger partial charge in [-0.1, -0.05) is 18.2 Å². The molecular formula is C16H18N4O5S. The van der Waals surface area contributed by atoms with Crippen LogP contribution in [0.2, 0.25) is 0 Å². The van der Waals surface area contributed by atoms with Gasteiger partial charge in [0, 0.05) is 6.07 Å². The van der Waals surface area contributed by atoms with Gasteiger partial charge in [0.05, 0.1) is 10.6 Å². The fourth-order valence-corrected chi connectivity index (χ4v) is 4.10. The van der Waals surface area contributed by atoms with E-state index in [2.05, 4.69) is 0 Å². The van der Waals surface area contributed by atoms with Gasteiger partial charge in [-0.05, 0) is 43.2 Å². The van der Waals surface area contributed by atoms with Gasteiger partial charge in [0.1, 0.15) is 6.54 Å². The van der Waals surface area contributed by atoms with Crippen molar-refractivity contribution in [1.82, 2.24) is 5.43 Å². The molecule has 0 spiro atoms. The number of hydrogen-bond acceptors (Lipinski definition) is 6. The molecule has 26 heavy (non-hydrogen) atoms. The van der Waals surface area contributed by atoms with Gasteiger partial charge in [0.2, 0.25) is 0 Å². The summed E-state index contributed by atoms with van der Waals surface area (Å²) in [5, 5.41) is 11.2. The van der Waals surface area contributed by atoms with E-state index < -0.39 is 38.0 Å². The van der Waals surface area contributed by atoms with Crippen LogP contribution in [0.1, 0.15) is 11.1 Å². The first-order valence-corrected chi connectivity index (χ1v) is 8.94. The number of aryl methyl sites for hydroxylation is 2. The van der Waals surface area contributed by atoms with Crippen LogP contribution in [-0.2, 0) is 14.8 Å². The van der Waals surface area contributed by atoms with E-state index in [1.165, 1.54) is 12.1 Å². The smallest absolute Gasteiger partial charge is 0.289 e. The Bertz CT molecular complexity index is 939. The second-order valence-corrected chi connectivity index (χ2v) is 7.48. The number of amides is 1. The molecule has 0 aromatic heterocycles. The van der Waals surface area contributed by atoms with E-state index in [1.54, 1.807) is 26.0 Å². The van der Waals surface area contributed by atoms with Crippen LogP contribution >= 0.6 is 0 Å². The summed E-state index contributed by atoms with van der Waals surface area (Å²) in [5.74, 6) is 4.33. The van der Waals surface area contributed by atoms with Crippen LogP contribution < -0.4 is 15.6 Å². The third-order valence-corrected chi connectivity index (χ3v) is 5.39. The van der Waals surface area contributed by atoms with Crippen LogP contribution in [0.5, 0.6) is 0 Å². The number of sulfonamides is 1. The van der Waals surface area contributed by atoms with E-state index in [9.17, 15) is 23.3 Å². The molecule has 2 aromatic carbocycles. The SMILES string of the molecule is Cc1cc(C)cc(N(CC(=O)NN)S(=O)(=O)c2ccccc2[N+](=O)[O-])c1. The molecule has 0 saturated carbocycles. The van der Waals surface area contributed by atoms with Crippen LogP contribution in [0.25, 0.3) is 0 Å². The highest BCUT2D eigenvalue weighted by atomic mass is 32.2. The van der Waals surface area contributed by atoms with Gasteiger partial charge in [-0.15, -0.1) is 0 Å². The van der Waals surface area contributed by atoms with Crippen LogP contribution in [0.4, 0.5) is 11.4 Å². The number of nitrogens with one attached hydrogen (secondary N) is 1. The lowest BCUT2D eigenvalue weighted by Gasteiger charge is -2.24. The van der Waals surface area contributed by atoms with Gasteiger partial charge in [-0.3, -0.25) is 24.6 Å². The Balaban J connectivity index is 2.68. The van der Waals surface area contributed by atoms with Gasteiger partial charge in [0.15, 0.2) is 4.90 Å². The minimum Gasteiger partial charge on any atom is -0.293 e. The molecule has 0 aliphatic carbocycles. The average molecular weight is 378 g/mol. The first kappa shape index (κ1) is 19.3. The number of carbonyl (C=O) groups excluding carboxylic acids is 1. The average Bonchev–Trinajstić information content (AvgIpc) is 2.58. The molecule has 10 heteroatoms. The van der Waals surface area contributed by atoms with Crippen LogP contribution in [-0.4, -0.2) is 25.8 Å². The van der Waals surface area contributed by atoms with Crippen molar-refractivity contribution in [3.63, 3.8) is 0 Å². The maximum absolute atomic E-state index is 13.1. The first-order valence-electron chi connectivity index (χ1n) is 7.50. The number of anilines is 1. The molecule has 0 saturated heterocycles.